The van der Waals surface area contributed by atoms with Crippen molar-refractivity contribution in [2.24, 2.45) is 11.3 Å². The van der Waals surface area contributed by atoms with Gasteiger partial charge >= 0.3 is 5.97 Å². The molecule has 136 valence electrons. The molecule has 0 saturated carbocycles. The first-order chi connectivity index (χ1) is 11.2. The average molecular weight is 340 g/mol. The van der Waals surface area contributed by atoms with E-state index in [1.807, 2.05) is 20.8 Å². The Hall–Kier alpha value is -1.63. The fourth-order valence-electron chi connectivity index (χ4n) is 3.39. The Labute approximate surface area is 142 Å². The first-order valence-corrected chi connectivity index (χ1v) is 8.59. The SMILES string of the molecule is CC(C)(C)C(=O)N1CCCC(C(=O)N2CCOCC2CC(=O)O)C1. The summed E-state index contributed by atoms with van der Waals surface area (Å²) in [6.45, 7) is 7.85. The Morgan fingerprint density at radius 2 is 1.92 bits per heavy atom. The number of carbonyl (C=O) groups is 3. The second-order valence-corrected chi connectivity index (χ2v) is 7.70. The summed E-state index contributed by atoms with van der Waals surface area (Å²) in [5, 5.41) is 9.03. The molecule has 24 heavy (non-hydrogen) atoms. The number of ether oxygens (including phenoxy) is 1. The highest BCUT2D eigenvalue weighted by atomic mass is 16.5. The first-order valence-electron chi connectivity index (χ1n) is 8.59. The summed E-state index contributed by atoms with van der Waals surface area (Å²) in [7, 11) is 0. The van der Waals surface area contributed by atoms with Gasteiger partial charge in [-0.25, -0.2) is 0 Å². The topological polar surface area (TPSA) is 87.2 Å². The van der Waals surface area contributed by atoms with Crippen molar-refractivity contribution in [2.45, 2.75) is 46.1 Å². The van der Waals surface area contributed by atoms with Crippen LogP contribution in [0.4, 0.5) is 0 Å². The number of amides is 2. The monoisotopic (exact) mass is 340 g/mol. The largest absolute Gasteiger partial charge is 0.481 e. The standard InChI is InChI=1S/C17H28N2O5/c1-17(2,3)16(23)18-6-4-5-12(10-18)15(22)19-7-8-24-11-13(19)9-14(20)21/h12-13H,4-11H2,1-3H3,(H,20,21). The second-order valence-electron chi connectivity index (χ2n) is 7.70. The summed E-state index contributed by atoms with van der Waals surface area (Å²) in [6, 6.07) is -0.419. The predicted octanol–water partition coefficient (Wildman–Crippen LogP) is 0.973. The van der Waals surface area contributed by atoms with Crippen LogP contribution in [0.25, 0.3) is 0 Å². The molecule has 0 aromatic rings. The van der Waals surface area contributed by atoms with Crippen LogP contribution in [0.15, 0.2) is 0 Å². The van der Waals surface area contributed by atoms with Crippen LogP contribution < -0.4 is 0 Å². The summed E-state index contributed by atoms with van der Waals surface area (Å²) in [5.41, 5.74) is -0.463. The highest BCUT2D eigenvalue weighted by molar-refractivity contribution is 5.84. The molecule has 2 fully saturated rings. The van der Waals surface area contributed by atoms with Crippen LogP contribution in [0.5, 0.6) is 0 Å². The molecule has 0 spiro atoms. The third kappa shape index (κ3) is 4.47. The minimum atomic E-state index is -0.934. The summed E-state index contributed by atoms with van der Waals surface area (Å²) in [4.78, 5) is 39.8. The van der Waals surface area contributed by atoms with Gasteiger partial charge in [-0.2, -0.15) is 0 Å². The number of nitrogens with zero attached hydrogens (tertiary/aromatic N) is 2. The van der Waals surface area contributed by atoms with Gasteiger partial charge in [0.15, 0.2) is 0 Å². The Morgan fingerprint density at radius 1 is 1.21 bits per heavy atom. The van der Waals surface area contributed by atoms with Crippen molar-refractivity contribution < 1.29 is 24.2 Å². The fraction of sp³-hybridized carbons (Fsp3) is 0.824. The Kier molecular flexibility index (Phi) is 5.85. The lowest BCUT2D eigenvalue weighted by Crippen LogP contribution is -2.55. The minimum absolute atomic E-state index is 0.0454. The molecule has 7 heteroatoms. The van der Waals surface area contributed by atoms with Crippen LogP contribution >= 0.6 is 0 Å². The van der Waals surface area contributed by atoms with Gasteiger partial charge < -0.3 is 19.6 Å². The number of hydrogen-bond acceptors (Lipinski definition) is 4. The molecule has 2 heterocycles. The van der Waals surface area contributed by atoms with Gasteiger partial charge in [-0.3, -0.25) is 14.4 Å². The van der Waals surface area contributed by atoms with E-state index in [-0.39, 0.29) is 30.8 Å². The normalized spacial score (nSPS) is 25.5. The van der Waals surface area contributed by atoms with E-state index in [9.17, 15) is 14.4 Å². The van der Waals surface area contributed by atoms with Gasteiger partial charge in [0.05, 0.1) is 31.6 Å². The van der Waals surface area contributed by atoms with Gasteiger partial charge in [0, 0.05) is 25.0 Å². The van der Waals surface area contributed by atoms with E-state index < -0.39 is 17.4 Å². The fourth-order valence-corrected chi connectivity index (χ4v) is 3.39. The lowest BCUT2D eigenvalue weighted by Gasteiger charge is -2.41. The van der Waals surface area contributed by atoms with E-state index in [1.165, 1.54) is 0 Å². The Balaban J connectivity index is 2.04. The lowest BCUT2D eigenvalue weighted by atomic mass is 9.90. The summed E-state index contributed by atoms with van der Waals surface area (Å²) < 4.78 is 5.33. The van der Waals surface area contributed by atoms with Crippen LogP contribution in [0.3, 0.4) is 0 Å². The number of carboxylic acid groups (broad SMARTS) is 1. The molecule has 2 aliphatic rings. The Bertz CT molecular complexity index is 500. The molecule has 2 unspecified atom stereocenters. The van der Waals surface area contributed by atoms with Gasteiger partial charge in [-0.15, -0.1) is 0 Å². The van der Waals surface area contributed by atoms with E-state index in [0.717, 1.165) is 12.8 Å². The molecule has 0 aliphatic carbocycles. The molecule has 2 rings (SSSR count). The van der Waals surface area contributed by atoms with E-state index >= 15 is 0 Å². The number of hydrogen-bond donors (Lipinski definition) is 1. The van der Waals surface area contributed by atoms with E-state index in [0.29, 0.717) is 26.2 Å². The number of carbonyl (C=O) groups excluding carboxylic acids is 2. The molecule has 0 radical (unpaired) electrons. The summed E-state index contributed by atoms with van der Waals surface area (Å²) in [6.07, 6.45) is 1.43. The van der Waals surface area contributed by atoms with Crippen molar-refractivity contribution in [3.05, 3.63) is 0 Å². The molecule has 2 aliphatic heterocycles. The molecule has 2 atom stereocenters. The highest BCUT2D eigenvalue weighted by Gasteiger charge is 2.37. The average Bonchev–Trinajstić information content (AvgIpc) is 2.52. The summed E-state index contributed by atoms with van der Waals surface area (Å²) >= 11 is 0. The first kappa shape index (κ1) is 18.7. The van der Waals surface area contributed by atoms with Gasteiger partial charge in [0.2, 0.25) is 11.8 Å². The van der Waals surface area contributed by atoms with Gasteiger partial charge in [0.25, 0.3) is 0 Å². The number of likely N-dealkylation sites (tertiary alicyclic amines) is 1. The number of rotatable bonds is 3. The molecular formula is C17H28N2O5. The van der Waals surface area contributed by atoms with Crippen molar-refractivity contribution in [1.82, 2.24) is 9.80 Å². The van der Waals surface area contributed by atoms with Gasteiger partial charge in [0.1, 0.15) is 0 Å². The quantitative estimate of drug-likeness (QED) is 0.827. The molecule has 7 nitrogen and oxygen atoms in total. The van der Waals surface area contributed by atoms with Crippen LogP contribution in [0, 0.1) is 11.3 Å². The van der Waals surface area contributed by atoms with E-state index in [1.54, 1.807) is 9.80 Å². The second kappa shape index (κ2) is 7.51. The van der Waals surface area contributed by atoms with E-state index in [4.69, 9.17) is 9.84 Å². The molecular weight excluding hydrogens is 312 g/mol. The van der Waals surface area contributed by atoms with E-state index in [2.05, 4.69) is 0 Å². The number of piperidine rings is 1. The zero-order valence-electron chi connectivity index (χ0n) is 14.8. The van der Waals surface area contributed by atoms with Crippen LogP contribution in [0.1, 0.15) is 40.0 Å². The van der Waals surface area contributed by atoms with Crippen LogP contribution in [-0.4, -0.2) is 71.6 Å². The maximum absolute atomic E-state index is 12.9. The Morgan fingerprint density at radius 3 is 2.54 bits per heavy atom. The lowest BCUT2D eigenvalue weighted by molar-refractivity contribution is -0.152. The highest BCUT2D eigenvalue weighted by Crippen LogP contribution is 2.26. The van der Waals surface area contributed by atoms with Crippen LogP contribution in [-0.2, 0) is 19.1 Å². The van der Waals surface area contributed by atoms with Crippen LogP contribution in [0.2, 0.25) is 0 Å². The number of aliphatic carboxylic acids is 1. The van der Waals surface area contributed by atoms with Gasteiger partial charge in [-0.05, 0) is 12.8 Å². The maximum atomic E-state index is 12.9. The number of carboxylic acids is 1. The van der Waals surface area contributed by atoms with Crippen molar-refractivity contribution >= 4 is 17.8 Å². The number of morpholine rings is 1. The molecule has 0 bridgehead atoms. The summed E-state index contributed by atoms with van der Waals surface area (Å²) in [5.74, 6) is -1.17. The van der Waals surface area contributed by atoms with Crippen molar-refractivity contribution in [3.63, 3.8) is 0 Å². The molecule has 0 aromatic carbocycles. The molecule has 2 amide bonds. The third-order valence-corrected chi connectivity index (χ3v) is 4.62. The van der Waals surface area contributed by atoms with Crippen molar-refractivity contribution in [3.8, 4) is 0 Å². The maximum Gasteiger partial charge on any atom is 0.305 e. The minimum Gasteiger partial charge on any atom is -0.481 e. The zero-order chi connectivity index (χ0) is 17.9. The third-order valence-electron chi connectivity index (χ3n) is 4.62. The molecule has 2 saturated heterocycles. The van der Waals surface area contributed by atoms with Crippen molar-refractivity contribution in [1.29, 1.82) is 0 Å². The molecule has 0 aromatic heterocycles. The smallest absolute Gasteiger partial charge is 0.305 e. The zero-order valence-corrected chi connectivity index (χ0v) is 14.8. The van der Waals surface area contributed by atoms with Crippen molar-refractivity contribution in [2.75, 3.05) is 32.8 Å². The molecule has 1 N–H and O–H groups in total. The predicted molar refractivity (Wildman–Crippen MR) is 87.3 cm³/mol. The van der Waals surface area contributed by atoms with Gasteiger partial charge in [-0.1, -0.05) is 20.8 Å².